The van der Waals surface area contributed by atoms with Crippen molar-refractivity contribution in [3.05, 3.63) is 36.0 Å². The van der Waals surface area contributed by atoms with Crippen LogP contribution in [-0.2, 0) is 4.79 Å². The number of carbonyl (C=O) groups excluding carboxylic acids is 1. The summed E-state index contributed by atoms with van der Waals surface area (Å²) >= 11 is 0. The van der Waals surface area contributed by atoms with Crippen LogP contribution in [0.4, 0.5) is 5.69 Å². The van der Waals surface area contributed by atoms with Crippen LogP contribution in [-0.4, -0.2) is 10.9 Å². The molecule has 1 aromatic carbocycles. The van der Waals surface area contributed by atoms with Gasteiger partial charge in [-0.2, -0.15) is 0 Å². The molecule has 1 N–H and O–H groups in total. The van der Waals surface area contributed by atoms with E-state index >= 15 is 0 Å². The van der Waals surface area contributed by atoms with Crippen molar-refractivity contribution in [1.29, 1.82) is 0 Å². The van der Waals surface area contributed by atoms with Gasteiger partial charge >= 0.3 is 0 Å². The highest BCUT2D eigenvalue weighted by molar-refractivity contribution is 6.00. The summed E-state index contributed by atoms with van der Waals surface area (Å²) in [7, 11) is 0. The first-order valence-electron chi connectivity index (χ1n) is 8.38. The number of hydrogen-bond acceptors (Lipinski definition) is 2. The number of fused-ring (bicyclic) bond motifs is 1. The highest BCUT2D eigenvalue weighted by Gasteiger charge is 2.15. The number of rotatable bonds is 4. The topological polar surface area (TPSA) is 42.0 Å². The number of nitrogens with zero attached hydrogens (tertiary/aromatic N) is 1. The minimum absolute atomic E-state index is 0.124. The van der Waals surface area contributed by atoms with Crippen LogP contribution in [0.25, 0.3) is 10.9 Å². The Kier molecular flexibility index (Phi) is 4.71. The fourth-order valence-corrected chi connectivity index (χ4v) is 3.39. The molecule has 0 atom stereocenters. The number of benzene rings is 1. The van der Waals surface area contributed by atoms with Gasteiger partial charge in [-0.05, 0) is 43.5 Å². The van der Waals surface area contributed by atoms with Crippen molar-refractivity contribution in [3.8, 4) is 0 Å². The summed E-state index contributed by atoms with van der Waals surface area (Å²) in [5.74, 6) is 0.870. The van der Waals surface area contributed by atoms with Crippen LogP contribution in [0.15, 0.2) is 30.3 Å². The van der Waals surface area contributed by atoms with Gasteiger partial charge in [0, 0.05) is 17.5 Å². The first kappa shape index (κ1) is 15.0. The maximum absolute atomic E-state index is 12.2. The normalized spacial score (nSPS) is 15.9. The molecule has 22 heavy (non-hydrogen) atoms. The quantitative estimate of drug-likeness (QED) is 0.877. The van der Waals surface area contributed by atoms with E-state index in [-0.39, 0.29) is 5.91 Å². The number of aryl methyl sites for hydroxylation is 1. The van der Waals surface area contributed by atoms with Gasteiger partial charge in [-0.3, -0.25) is 9.78 Å². The number of hydrogen-bond donors (Lipinski definition) is 1. The van der Waals surface area contributed by atoms with Crippen LogP contribution in [0.1, 0.15) is 50.6 Å². The van der Waals surface area contributed by atoms with E-state index < -0.39 is 0 Å². The molecule has 0 radical (unpaired) electrons. The lowest BCUT2D eigenvalue weighted by atomic mass is 9.86. The van der Waals surface area contributed by atoms with Gasteiger partial charge in [0.15, 0.2) is 0 Å². The van der Waals surface area contributed by atoms with E-state index in [9.17, 15) is 4.79 Å². The molecule has 1 fully saturated rings. The third kappa shape index (κ3) is 3.65. The summed E-state index contributed by atoms with van der Waals surface area (Å²) < 4.78 is 0. The number of carbonyl (C=O) groups is 1. The lowest BCUT2D eigenvalue weighted by molar-refractivity contribution is -0.116. The summed E-state index contributed by atoms with van der Waals surface area (Å²) in [6.07, 6.45) is 8.27. The molecular formula is C19H24N2O. The third-order valence-electron chi connectivity index (χ3n) is 4.65. The molecule has 0 spiro atoms. The number of amides is 1. The maximum atomic E-state index is 12.2. The van der Waals surface area contributed by atoms with Gasteiger partial charge < -0.3 is 5.32 Å². The number of pyridine rings is 1. The predicted octanol–water partition coefficient (Wildman–Crippen LogP) is 4.84. The summed E-state index contributed by atoms with van der Waals surface area (Å²) in [5.41, 5.74) is 2.80. The Morgan fingerprint density at radius 3 is 2.82 bits per heavy atom. The molecular weight excluding hydrogens is 272 g/mol. The van der Waals surface area contributed by atoms with E-state index in [1.54, 1.807) is 0 Å². The zero-order valence-corrected chi connectivity index (χ0v) is 13.3. The molecule has 2 aromatic rings. The average molecular weight is 296 g/mol. The predicted molar refractivity (Wildman–Crippen MR) is 90.9 cm³/mol. The summed E-state index contributed by atoms with van der Waals surface area (Å²) in [6, 6.07) is 9.91. The minimum atomic E-state index is 0.124. The number of aromatic nitrogens is 1. The van der Waals surface area contributed by atoms with Gasteiger partial charge in [0.25, 0.3) is 0 Å². The van der Waals surface area contributed by atoms with Crippen molar-refractivity contribution in [2.24, 2.45) is 5.92 Å². The van der Waals surface area contributed by atoms with Crippen LogP contribution in [0.2, 0.25) is 0 Å². The van der Waals surface area contributed by atoms with Gasteiger partial charge in [-0.15, -0.1) is 0 Å². The Morgan fingerprint density at radius 2 is 2.00 bits per heavy atom. The van der Waals surface area contributed by atoms with Crippen LogP contribution in [0.3, 0.4) is 0 Å². The fraction of sp³-hybridized carbons (Fsp3) is 0.474. The zero-order chi connectivity index (χ0) is 15.4. The van der Waals surface area contributed by atoms with Crippen LogP contribution >= 0.6 is 0 Å². The Morgan fingerprint density at radius 1 is 1.18 bits per heavy atom. The fourth-order valence-electron chi connectivity index (χ4n) is 3.39. The Bertz CT molecular complexity index is 660. The molecule has 1 aliphatic carbocycles. The highest BCUT2D eigenvalue weighted by atomic mass is 16.1. The van der Waals surface area contributed by atoms with Crippen molar-refractivity contribution in [1.82, 2.24) is 4.98 Å². The molecule has 0 saturated heterocycles. The van der Waals surface area contributed by atoms with Crippen molar-refractivity contribution in [3.63, 3.8) is 0 Å². The van der Waals surface area contributed by atoms with E-state index in [0.29, 0.717) is 6.42 Å². The van der Waals surface area contributed by atoms with Gasteiger partial charge in [-0.1, -0.05) is 38.2 Å². The molecule has 3 heteroatoms. The minimum Gasteiger partial charge on any atom is -0.325 e. The Labute approximate surface area is 132 Å². The average Bonchev–Trinajstić information content (AvgIpc) is 2.54. The second kappa shape index (κ2) is 6.91. The molecule has 1 amide bonds. The zero-order valence-electron chi connectivity index (χ0n) is 13.3. The standard InChI is InChI=1S/C19H24N2O/c1-14-10-12-16-17(20-14)8-5-9-18(16)21-19(22)13-11-15-6-3-2-4-7-15/h5,8-10,12,15H,2-4,6-7,11,13H2,1H3,(H,21,22). The van der Waals surface area contributed by atoms with Crippen LogP contribution < -0.4 is 5.32 Å². The van der Waals surface area contributed by atoms with E-state index in [1.165, 1.54) is 32.1 Å². The molecule has 1 aliphatic rings. The molecule has 3 rings (SSSR count). The monoisotopic (exact) mass is 296 g/mol. The van der Waals surface area contributed by atoms with Crippen molar-refractivity contribution in [2.45, 2.75) is 51.9 Å². The molecule has 1 heterocycles. The molecule has 0 aliphatic heterocycles. The molecule has 116 valence electrons. The van der Waals surface area contributed by atoms with Gasteiger partial charge in [-0.25, -0.2) is 0 Å². The first-order chi connectivity index (χ1) is 10.7. The Balaban J connectivity index is 1.63. The summed E-state index contributed by atoms with van der Waals surface area (Å²) in [6.45, 7) is 1.98. The first-order valence-corrected chi connectivity index (χ1v) is 8.38. The van der Waals surface area contributed by atoms with Crippen LogP contribution in [0, 0.1) is 12.8 Å². The third-order valence-corrected chi connectivity index (χ3v) is 4.65. The molecule has 0 bridgehead atoms. The smallest absolute Gasteiger partial charge is 0.224 e. The largest absolute Gasteiger partial charge is 0.325 e. The van der Waals surface area contributed by atoms with Gasteiger partial charge in [0.2, 0.25) is 5.91 Å². The van der Waals surface area contributed by atoms with E-state index in [1.807, 2.05) is 37.3 Å². The number of anilines is 1. The second-order valence-electron chi connectivity index (χ2n) is 6.42. The SMILES string of the molecule is Cc1ccc2c(NC(=O)CCC3CCCCC3)cccc2n1. The van der Waals surface area contributed by atoms with Crippen molar-refractivity contribution >= 4 is 22.5 Å². The number of nitrogens with one attached hydrogen (secondary N) is 1. The maximum Gasteiger partial charge on any atom is 0.224 e. The summed E-state index contributed by atoms with van der Waals surface area (Å²) in [5, 5.41) is 4.08. The van der Waals surface area contributed by atoms with E-state index in [2.05, 4.69) is 10.3 Å². The lowest BCUT2D eigenvalue weighted by Gasteiger charge is -2.21. The molecule has 3 nitrogen and oxygen atoms in total. The Hall–Kier alpha value is -1.90. The van der Waals surface area contributed by atoms with E-state index in [0.717, 1.165) is 34.6 Å². The van der Waals surface area contributed by atoms with E-state index in [4.69, 9.17) is 0 Å². The molecule has 1 saturated carbocycles. The van der Waals surface area contributed by atoms with Crippen molar-refractivity contribution in [2.75, 3.05) is 5.32 Å². The van der Waals surface area contributed by atoms with Crippen LogP contribution in [0.5, 0.6) is 0 Å². The van der Waals surface area contributed by atoms with Gasteiger partial charge in [0.1, 0.15) is 0 Å². The second-order valence-corrected chi connectivity index (χ2v) is 6.42. The molecule has 0 unspecified atom stereocenters. The lowest BCUT2D eigenvalue weighted by Crippen LogP contribution is -2.15. The van der Waals surface area contributed by atoms with Gasteiger partial charge in [0.05, 0.1) is 11.2 Å². The highest BCUT2D eigenvalue weighted by Crippen LogP contribution is 2.28. The molecule has 1 aromatic heterocycles. The summed E-state index contributed by atoms with van der Waals surface area (Å²) in [4.78, 5) is 16.7. The van der Waals surface area contributed by atoms with Crippen molar-refractivity contribution < 1.29 is 4.79 Å².